The molecule has 8 heteroatoms. The van der Waals surface area contributed by atoms with Gasteiger partial charge in [0, 0.05) is 30.2 Å². The van der Waals surface area contributed by atoms with E-state index < -0.39 is 6.03 Å². The third kappa shape index (κ3) is 4.83. The first-order chi connectivity index (χ1) is 12.4. The zero-order chi connectivity index (χ0) is 19.1. The monoisotopic (exact) mass is 355 g/mol. The zero-order valence-corrected chi connectivity index (χ0v) is 15.0. The molecule has 26 heavy (non-hydrogen) atoms. The summed E-state index contributed by atoms with van der Waals surface area (Å²) < 4.78 is 6.84. The second kappa shape index (κ2) is 8.67. The van der Waals surface area contributed by atoms with Gasteiger partial charge < -0.3 is 15.4 Å². The Morgan fingerprint density at radius 1 is 1.35 bits per heavy atom. The summed E-state index contributed by atoms with van der Waals surface area (Å²) in [6.45, 7) is 6.44. The molecule has 0 spiro atoms. The van der Waals surface area contributed by atoms with E-state index in [1.807, 2.05) is 26.0 Å². The summed E-state index contributed by atoms with van der Waals surface area (Å²) in [4.78, 5) is 27.7. The number of anilines is 1. The number of hydrogen-bond acceptors (Lipinski definition) is 5. The summed E-state index contributed by atoms with van der Waals surface area (Å²) in [5.41, 5.74) is 1.94. The Morgan fingerprint density at radius 3 is 2.77 bits per heavy atom. The van der Waals surface area contributed by atoms with Crippen LogP contribution in [0.25, 0.3) is 0 Å². The molecule has 0 saturated carbocycles. The lowest BCUT2D eigenvalue weighted by molar-refractivity contribution is 0.251. The van der Waals surface area contributed by atoms with E-state index in [1.54, 1.807) is 25.1 Å². The standard InChI is InChI=1S/C18H21N5O3/c1-4-26-16-6-5-15(10-14(16)11-19)22-17(24)20-7-8-23-13(3)9-12(2)21-18(23)25/h5-6,9-10H,4,7-8H2,1-3H3,(H2,20,22,24). The molecule has 0 radical (unpaired) electrons. The van der Waals surface area contributed by atoms with Crippen molar-refractivity contribution < 1.29 is 9.53 Å². The highest BCUT2D eigenvalue weighted by atomic mass is 16.5. The van der Waals surface area contributed by atoms with Gasteiger partial charge in [-0.2, -0.15) is 10.2 Å². The maximum absolute atomic E-state index is 12.0. The van der Waals surface area contributed by atoms with Crippen LogP contribution in [-0.4, -0.2) is 28.7 Å². The molecule has 0 atom stereocenters. The minimum atomic E-state index is -0.427. The van der Waals surface area contributed by atoms with Crippen molar-refractivity contribution in [2.24, 2.45) is 0 Å². The highest BCUT2D eigenvalue weighted by Crippen LogP contribution is 2.22. The Labute approximate surface area is 151 Å². The number of hydrogen-bond donors (Lipinski definition) is 2. The van der Waals surface area contributed by atoms with Crippen molar-refractivity contribution in [3.8, 4) is 11.8 Å². The molecule has 2 rings (SSSR count). The Kier molecular flexibility index (Phi) is 6.33. The molecular formula is C18H21N5O3. The van der Waals surface area contributed by atoms with Gasteiger partial charge in [0.15, 0.2) is 0 Å². The number of amides is 2. The summed E-state index contributed by atoms with van der Waals surface area (Å²) >= 11 is 0. The topological polar surface area (TPSA) is 109 Å². The van der Waals surface area contributed by atoms with Crippen LogP contribution in [0.5, 0.6) is 5.75 Å². The molecule has 0 aliphatic heterocycles. The van der Waals surface area contributed by atoms with Gasteiger partial charge in [0.25, 0.3) is 0 Å². The Morgan fingerprint density at radius 2 is 2.12 bits per heavy atom. The molecule has 136 valence electrons. The van der Waals surface area contributed by atoms with Crippen molar-refractivity contribution in [2.75, 3.05) is 18.5 Å². The number of benzene rings is 1. The van der Waals surface area contributed by atoms with Crippen molar-refractivity contribution >= 4 is 11.7 Å². The van der Waals surface area contributed by atoms with E-state index in [9.17, 15) is 9.59 Å². The molecule has 2 N–H and O–H groups in total. The number of aryl methyl sites for hydroxylation is 2. The normalized spacial score (nSPS) is 10.1. The number of rotatable bonds is 6. The molecule has 0 aliphatic carbocycles. The molecule has 8 nitrogen and oxygen atoms in total. The number of carbonyl (C=O) groups excluding carboxylic acids is 1. The fourth-order valence-corrected chi connectivity index (χ4v) is 2.48. The average molecular weight is 355 g/mol. The molecule has 2 amide bonds. The summed E-state index contributed by atoms with van der Waals surface area (Å²) in [7, 11) is 0. The van der Waals surface area contributed by atoms with Crippen LogP contribution in [-0.2, 0) is 6.54 Å². The summed E-state index contributed by atoms with van der Waals surface area (Å²) in [5, 5.41) is 14.5. The average Bonchev–Trinajstić information content (AvgIpc) is 2.58. The molecule has 0 saturated heterocycles. The van der Waals surface area contributed by atoms with Gasteiger partial charge in [0.05, 0.1) is 12.2 Å². The Hall–Kier alpha value is -3.34. The van der Waals surface area contributed by atoms with Gasteiger partial charge in [-0.25, -0.2) is 9.59 Å². The highest BCUT2D eigenvalue weighted by Gasteiger charge is 2.08. The first-order valence-electron chi connectivity index (χ1n) is 8.21. The Balaban J connectivity index is 1.94. The first kappa shape index (κ1) is 19.0. The zero-order valence-electron chi connectivity index (χ0n) is 15.0. The number of urea groups is 1. The van der Waals surface area contributed by atoms with Crippen LogP contribution in [0.15, 0.2) is 29.1 Å². The predicted octanol–water partition coefficient (Wildman–Crippen LogP) is 1.95. The third-order valence-electron chi connectivity index (χ3n) is 3.63. The van der Waals surface area contributed by atoms with Crippen LogP contribution in [0.3, 0.4) is 0 Å². The number of nitriles is 1. The van der Waals surface area contributed by atoms with Gasteiger partial charge in [-0.15, -0.1) is 0 Å². The minimum Gasteiger partial charge on any atom is -0.492 e. The van der Waals surface area contributed by atoms with E-state index in [-0.39, 0.29) is 12.2 Å². The summed E-state index contributed by atoms with van der Waals surface area (Å²) in [5.74, 6) is 0.475. The van der Waals surface area contributed by atoms with E-state index in [4.69, 9.17) is 10.00 Å². The number of ether oxygens (including phenoxy) is 1. The molecular weight excluding hydrogens is 334 g/mol. The van der Waals surface area contributed by atoms with Crippen LogP contribution in [0.1, 0.15) is 23.9 Å². The van der Waals surface area contributed by atoms with Crippen LogP contribution < -0.4 is 21.1 Å². The number of nitrogens with one attached hydrogen (secondary N) is 2. The van der Waals surface area contributed by atoms with E-state index in [2.05, 4.69) is 15.6 Å². The molecule has 1 heterocycles. The van der Waals surface area contributed by atoms with Crippen molar-refractivity contribution in [1.29, 1.82) is 5.26 Å². The predicted molar refractivity (Wildman–Crippen MR) is 97.3 cm³/mol. The van der Waals surface area contributed by atoms with Gasteiger partial charge in [-0.05, 0) is 45.0 Å². The van der Waals surface area contributed by atoms with Crippen molar-refractivity contribution in [1.82, 2.24) is 14.9 Å². The fraction of sp³-hybridized carbons (Fsp3) is 0.333. The maximum atomic E-state index is 12.0. The minimum absolute atomic E-state index is 0.263. The van der Waals surface area contributed by atoms with Crippen molar-refractivity contribution in [3.63, 3.8) is 0 Å². The molecule has 0 aliphatic rings. The number of nitrogens with zero attached hydrogens (tertiary/aromatic N) is 3. The Bertz CT molecular complexity index is 899. The second-order valence-electron chi connectivity index (χ2n) is 5.61. The fourth-order valence-electron chi connectivity index (χ4n) is 2.48. The lowest BCUT2D eigenvalue weighted by Gasteiger charge is -2.12. The molecule has 0 bridgehead atoms. The smallest absolute Gasteiger partial charge is 0.348 e. The van der Waals surface area contributed by atoms with Crippen molar-refractivity contribution in [2.45, 2.75) is 27.3 Å². The van der Waals surface area contributed by atoms with Crippen LogP contribution in [0.4, 0.5) is 10.5 Å². The van der Waals surface area contributed by atoms with Crippen LogP contribution in [0.2, 0.25) is 0 Å². The lowest BCUT2D eigenvalue weighted by atomic mass is 10.2. The molecule has 2 aromatic rings. The maximum Gasteiger partial charge on any atom is 0.348 e. The van der Waals surface area contributed by atoms with Gasteiger partial charge in [0.1, 0.15) is 11.8 Å². The largest absolute Gasteiger partial charge is 0.492 e. The van der Waals surface area contributed by atoms with Gasteiger partial charge in [-0.1, -0.05) is 0 Å². The van der Waals surface area contributed by atoms with E-state index in [0.717, 1.165) is 5.69 Å². The van der Waals surface area contributed by atoms with Crippen molar-refractivity contribution in [3.05, 3.63) is 51.7 Å². The highest BCUT2D eigenvalue weighted by molar-refractivity contribution is 5.89. The molecule has 0 unspecified atom stereocenters. The lowest BCUT2D eigenvalue weighted by Crippen LogP contribution is -2.35. The van der Waals surface area contributed by atoms with Crippen LogP contribution >= 0.6 is 0 Å². The first-order valence-corrected chi connectivity index (χ1v) is 8.21. The third-order valence-corrected chi connectivity index (χ3v) is 3.63. The number of carbonyl (C=O) groups is 1. The summed E-state index contributed by atoms with van der Waals surface area (Å²) in [6, 6.07) is 8.26. The molecule has 1 aromatic carbocycles. The number of aromatic nitrogens is 2. The van der Waals surface area contributed by atoms with Gasteiger partial charge >= 0.3 is 11.7 Å². The van der Waals surface area contributed by atoms with E-state index in [0.29, 0.717) is 35.8 Å². The summed E-state index contributed by atoms with van der Waals surface area (Å²) in [6.07, 6.45) is 0. The van der Waals surface area contributed by atoms with Crippen LogP contribution in [0, 0.1) is 25.2 Å². The molecule has 1 aromatic heterocycles. The molecule has 0 fully saturated rings. The van der Waals surface area contributed by atoms with Gasteiger partial charge in [-0.3, -0.25) is 4.57 Å². The van der Waals surface area contributed by atoms with Gasteiger partial charge in [0.2, 0.25) is 0 Å². The van der Waals surface area contributed by atoms with E-state index >= 15 is 0 Å². The SMILES string of the molecule is CCOc1ccc(NC(=O)NCCn2c(C)cc(C)nc2=O)cc1C#N. The quantitative estimate of drug-likeness (QED) is 0.823. The van der Waals surface area contributed by atoms with E-state index in [1.165, 1.54) is 4.57 Å². The second-order valence-corrected chi connectivity index (χ2v) is 5.61.